The lowest BCUT2D eigenvalue weighted by Crippen LogP contribution is -2.54. The lowest BCUT2D eigenvalue weighted by molar-refractivity contribution is 0.116. The highest BCUT2D eigenvalue weighted by Gasteiger charge is 2.37. The van der Waals surface area contributed by atoms with Crippen LogP contribution in [0.25, 0.3) is 0 Å². The van der Waals surface area contributed by atoms with Crippen molar-refractivity contribution >= 4 is 6.03 Å². The van der Waals surface area contributed by atoms with Crippen LogP contribution < -0.4 is 5.32 Å². The molecule has 0 spiro atoms. The number of nitriles is 1. The monoisotopic (exact) mass is 318 g/mol. The largest absolute Gasteiger partial charge is 0.336 e. The fraction of sp³-hybridized carbons (Fsp3) is 0.889. The quantitative estimate of drug-likeness (QED) is 0.867. The summed E-state index contributed by atoms with van der Waals surface area (Å²) in [4.78, 5) is 16.7. The Kier molecular flexibility index (Phi) is 5.42. The molecule has 1 heterocycles. The molecule has 0 aromatic heterocycles. The number of hydrogen-bond donors (Lipinski definition) is 1. The fourth-order valence-corrected chi connectivity index (χ4v) is 4.16. The summed E-state index contributed by atoms with van der Waals surface area (Å²) in [6, 6.07) is 2.40. The van der Waals surface area contributed by atoms with Crippen molar-refractivity contribution in [2.45, 2.75) is 51.4 Å². The number of carbonyl (C=O) groups is 1. The van der Waals surface area contributed by atoms with E-state index in [1.54, 1.807) is 0 Å². The van der Waals surface area contributed by atoms with E-state index < -0.39 is 0 Å². The molecule has 0 aromatic rings. The molecule has 0 radical (unpaired) electrons. The van der Waals surface area contributed by atoms with Gasteiger partial charge in [-0.1, -0.05) is 25.7 Å². The molecule has 23 heavy (non-hydrogen) atoms. The van der Waals surface area contributed by atoms with Crippen LogP contribution in [0.2, 0.25) is 0 Å². The molecule has 1 saturated heterocycles. The topological polar surface area (TPSA) is 59.4 Å². The summed E-state index contributed by atoms with van der Waals surface area (Å²) in [6.45, 7) is 5.36. The minimum Gasteiger partial charge on any atom is -0.336 e. The third-order valence-electron chi connectivity index (χ3n) is 6.03. The molecule has 0 unspecified atom stereocenters. The predicted molar refractivity (Wildman–Crippen MR) is 89.9 cm³/mol. The van der Waals surface area contributed by atoms with Gasteiger partial charge in [-0.05, 0) is 31.6 Å². The van der Waals surface area contributed by atoms with Crippen LogP contribution in [0, 0.1) is 22.7 Å². The van der Waals surface area contributed by atoms with Gasteiger partial charge in [0.25, 0.3) is 0 Å². The molecule has 5 nitrogen and oxygen atoms in total. The van der Waals surface area contributed by atoms with Gasteiger partial charge in [0.05, 0.1) is 11.5 Å². The molecule has 1 aliphatic heterocycles. The summed E-state index contributed by atoms with van der Waals surface area (Å²) < 4.78 is 0. The van der Waals surface area contributed by atoms with Gasteiger partial charge >= 0.3 is 6.03 Å². The van der Waals surface area contributed by atoms with Gasteiger partial charge < -0.3 is 10.2 Å². The number of piperazine rings is 1. The lowest BCUT2D eigenvalue weighted by atomic mass is 9.70. The SMILES string of the molecule is N#CC1(CNC(=O)N2CCN(CC3CCCCC3)CC2)CCC1. The molecular weight excluding hydrogens is 288 g/mol. The molecule has 0 bridgehead atoms. The van der Waals surface area contributed by atoms with Crippen LogP contribution in [0.15, 0.2) is 0 Å². The van der Waals surface area contributed by atoms with Gasteiger partial charge in [0.2, 0.25) is 0 Å². The standard InChI is InChI=1S/C18H30N4O/c19-14-18(7-4-8-18)15-20-17(23)22-11-9-21(10-12-22)13-16-5-2-1-3-6-16/h16H,1-13,15H2,(H,20,23). The number of urea groups is 1. The Morgan fingerprint density at radius 3 is 2.35 bits per heavy atom. The summed E-state index contributed by atoms with van der Waals surface area (Å²) in [7, 11) is 0. The Balaban J connectivity index is 1.36. The summed E-state index contributed by atoms with van der Waals surface area (Å²) in [5, 5.41) is 12.2. The molecule has 0 atom stereocenters. The summed E-state index contributed by atoms with van der Waals surface area (Å²) in [5.41, 5.74) is -0.279. The Labute approximate surface area is 140 Å². The van der Waals surface area contributed by atoms with Crippen LogP contribution in [0.4, 0.5) is 4.79 Å². The highest BCUT2D eigenvalue weighted by Crippen LogP contribution is 2.39. The molecule has 3 fully saturated rings. The maximum absolute atomic E-state index is 12.3. The smallest absolute Gasteiger partial charge is 0.317 e. The van der Waals surface area contributed by atoms with Crippen molar-refractivity contribution in [2.24, 2.45) is 11.3 Å². The van der Waals surface area contributed by atoms with Crippen molar-refractivity contribution in [3.05, 3.63) is 0 Å². The third-order valence-corrected chi connectivity index (χ3v) is 6.03. The second-order valence-corrected chi connectivity index (χ2v) is 7.70. The van der Waals surface area contributed by atoms with Crippen molar-refractivity contribution in [3.8, 4) is 6.07 Å². The van der Waals surface area contributed by atoms with E-state index in [4.69, 9.17) is 0 Å². The number of rotatable bonds is 4. The zero-order chi connectivity index (χ0) is 16.1. The van der Waals surface area contributed by atoms with Crippen LogP contribution in [0.1, 0.15) is 51.4 Å². The van der Waals surface area contributed by atoms with Crippen LogP contribution in [0.5, 0.6) is 0 Å². The summed E-state index contributed by atoms with van der Waals surface area (Å²) in [6.07, 6.45) is 9.95. The maximum Gasteiger partial charge on any atom is 0.317 e. The minimum atomic E-state index is -0.279. The Morgan fingerprint density at radius 1 is 1.09 bits per heavy atom. The molecule has 2 aliphatic carbocycles. The summed E-state index contributed by atoms with van der Waals surface area (Å²) >= 11 is 0. The first-order chi connectivity index (χ1) is 11.2. The van der Waals surface area contributed by atoms with Crippen molar-refractivity contribution in [1.82, 2.24) is 15.1 Å². The summed E-state index contributed by atoms with van der Waals surface area (Å²) in [5.74, 6) is 0.873. The van der Waals surface area contributed by atoms with E-state index in [2.05, 4.69) is 16.3 Å². The van der Waals surface area contributed by atoms with Crippen LogP contribution >= 0.6 is 0 Å². The third kappa shape index (κ3) is 4.17. The van der Waals surface area contributed by atoms with Crippen molar-refractivity contribution in [1.29, 1.82) is 5.26 Å². The van der Waals surface area contributed by atoms with Crippen molar-refractivity contribution in [3.63, 3.8) is 0 Å². The molecule has 3 aliphatic rings. The first kappa shape index (κ1) is 16.6. The van der Waals surface area contributed by atoms with Gasteiger partial charge in [-0.15, -0.1) is 0 Å². The van der Waals surface area contributed by atoms with Gasteiger partial charge in [-0.25, -0.2) is 4.79 Å². The minimum absolute atomic E-state index is 0.0174. The van der Waals surface area contributed by atoms with E-state index >= 15 is 0 Å². The Morgan fingerprint density at radius 2 is 1.78 bits per heavy atom. The van der Waals surface area contributed by atoms with Gasteiger partial charge in [0.1, 0.15) is 0 Å². The zero-order valence-electron chi connectivity index (χ0n) is 14.2. The van der Waals surface area contributed by atoms with E-state index in [1.807, 2.05) is 4.90 Å². The molecule has 2 amide bonds. The normalized spacial score (nSPS) is 25.4. The molecule has 128 valence electrons. The van der Waals surface area contributed by atoms with E-state index in [9.17, 15) is 10.1 Å². The zero-order valence-corrected chi connectivity index (χ0v) is 14.2. The van der Waals surface area contributed by atoms with Gasteiger partial charge in [0.15, 0.2) is 0 Å². The fourth-order valence-electron chi connectivity index (χ4n) is 4.16. The average Bonchev–Trinajstić information content (AvgIpc) is 2.56. The number of hydrogen-bond acceptors (Lipinski definition) is 3. The van der Waals surface area contributed by atoms with Crippen LogP contribution in [0.3, 0.4) is 0 Å². The van der Waals surface area contributed by atoms with E-state index in [-0.39, 0.29) is 11.4 Å². The van der Waals surface area contributed by atoms with Crippen LogP contribution in [-0.2, 0) is 0 Å². The molecule has 2 saturated carbocycles. The average molecular weight is 318 g/mol. The second-order valence-electron chi connectivity index (χ2n) is 7.70. The molecule has 1 N–H and O–H groups in total. The molecular formula is C18H30N4O. The van der Waals surface area contributed by atoms with E-state index in [1.165, 1.54) is 38.6 Å². The highest BCUT2D eigenvalue weighted by atomic mass is 16.2. The number of amides is 2. The molecule has 0 aromatic carbocycles. The lowest BCUT2D eigenvalue weighted by Gasteiger charge is -2.39. The van der Waals surface area contributed by atoms with Crippen molar-refractivity contribution < 1.29 is 4.79 Å². The Bertz CT molecular complexity index is 440. The first-order valence-corrected chi connectivity index (χ1v) is 9.37. The van der Waals surface area contributed by atoms with Crippen molar-refractivity contribution in [2.75, 3.05) is 39.3 Å². The van der Waals surface area contributed by atoms with Gasteiger partial charge in [-0.3, -0.25) is 4.90 Å². The number of nitrogens with one attached hydrogen (secondary N) is 1. The highest BCUT2D eigenvalue weighted by molar-refractivity contribution is 5.74. The van der Waals surface area contributed by atoms with Gasteiger partial charge in [0, 0.05) is 39.3 Å². The predicted octanol–water partition coefficient (Wildman–Crippen LogP) is 2.59. The maximum atomic E-state index is 12.3. The molecule has 5 heteroatoms. The molecule has 3 rings (SSSR count). The van der Waals surface area contributed by atoms with E-state index in [0.29, 0.717) is 6.54 Å². The van der Waals surface area contributed by atoms with Gasteiger partial charge in [-0.2, -0.15) is 5.26 Å². The Hall–Kier alpha value is -1.28. The number of nitrogens with zero attached hydrogens (tertiary/aromatic N) is 3. The first-order valence-electron chi connectivity index (χ1n) is 9.37. The van der Waals surface area contributed by atoms with Crippen LogP contribution in [-0.4, -0.2) is 55.1 Å². The number of carbonyl (C=O) groups excluding carboxylic acids is 1. The van der Waals surface area contributed by atoms with E-state index in [0.717, 1.165) is 51.4 Å². The second kappa shape index (κ2) is 7.53.